The molecule has 4 heteroatoms. The van der Waals surface area contributed by atoms with E-state index in [0.29, 0.717) is 6.61 Å². The van der Waals surface area contributed by atoms with E-state index in [9.17, 15) is 0 Å². The fourth-order valence-corrected chi connectivity index (χ4v) is 0.793. The maximum atomic E-state index is 9.07. The van der Waals surface area contributed by atoms with Gasteiger partial charge in [0.1, 0.15) is 0 Å². The number of phenols is 2. The van der Waals surface area contributed by atoms with Gasteiger partial charge in [0.05, 0.1) is 0 Å². The van der Waals surface area contributed by atoms with Crippen LogP contribution in [-0.2, 0) is 4.65 Å². The molecule has 0 fully saturated rings. The summed E-state index contributed by atoms with van der Waals surface area (Å²) in [5.41, 5.74) is 0.729. The molecule has 1 aromatic carbocycles. The van der Waals surface area contributed by atoms with Gasteiger partial charge in [-0.2, -0.15) is 0 Å². The van der Waals surface area contributed by atoms with Crippen molar-refractivity contribution in [2.45, 2.75) is 6.92 Å². The minimum absolute atomic E-state index is 0.122. The van der Waals surface area contributed by atoms with Crippen LogP contribution in [0.4, 0.5) is 0 Å². The molecule has 0 aromatic heterocycles. The van der Waals surface area contributed by atoms with E-state index in [1.165, 1.54) is 19.6 Å². The van der Waals surface area contributed by atoms with Crippen molar-refractivity contribution < 1.29 is 14.9 Å². The molecule has 2 N–H and O–H groups in total. The van der Waals surface area contributed by atoms with Crippen molar-refractivity contribution in [1.82, 2.24) is 0 Å². The highest BCUT2D eigenvalue weighted by atomic mass is 16.4. The lowest BCUT2D eigenvalue weighted by Gasteiger charge is -2.01. The first kappa shape index (κ1) is 8.94. The lowest BCUT2D eigenvalue weighted by Crippen LogP contribution is -2.16. The molecule has 0 spiro atoms. The summed E-state index contributed by atoms with van der Waals surface area (Å²) in [6.45, 7) is 2.46. The smallest absolute Gasteiger partial charge is 0.330 e. The summed E-state index contributed by atoms with van der Waals surface area (Å²) < 4.78 is 5.00. The van der Waals surface area contributed by atoms with Gasteiger partial charge in [-0.3, -0.25) is 0 Å². The van der Waals surface area contributed by atoms with E-state index in [1.54, 1.807) is 6.07 Å². The molecule has 0 saturated carbocycles. The minimum Gasteiger partial charge on any atom is -0.504 e. The maximum absolute atomic E-state index is 9.07. The van der Waals surface area contributed by atoms with Gasteiger partial charge in [-0.25, -0.2) is 0 Å². The number of aromatic hydroxyl groups is 2. The summed E-state index contributed by atoms with van der Waals surface area (Å²) in [7, 11) is 1.53. The van der Waals surface area contributed by atoms with Crippen molar-refractivity contribution in [3.05, 3.63) is 18.2 Å². The average molecular weight is 165 g/mol. The van der Waals surface area contributed by atoms with Crippen LogP contribution in [0.3, 0.4) is 0 Å². The molecule has 0 saturated heterocycles. The fourth-order valence-electron chi connectivity index (χ4n) is 0.793. The monoisotopic (exact) mass is 165 g/mol. The average Bonchev–Trinajstić information content (AvgIpc) is 2.07. The second-order valence-corrected chi connectivity index (χ2v) is 2.32. The highest BCUT2D eigenvalue weighted by Crippen LogP contribution is 2.20. The molecule has 0 amide bonds. The molecule has 0 atom stereocenters. The summed E-state index contributed by atoms with van der Waals surface area (Å²) in [6, 6.07) is 4.51. The Kier molecular flexibility index (Phi) is 2.99. The normalized spacial score (nSPS) is 9.75. The van der Waals surface area contributed by atoms with Crippen molar-refractivity contribution in [3.8, 4) is 11.5 Å². The topological polar surface area (TPSA) is 49.7 Å². The highest BCUT2D eigenvalue weighted by molar-refractivity contribution is 6.47. The van der Waals surface area contributed by atoms with Crippen molar-refractivity contribution in [2.24, 2.45) is 0 Å². The molecule has 0 aliphatic heterocycles. The Balaban J connectivity index is 2.69. The van der Waals surface area contributed by atoms with Crippen molar-refractivity contribution in [1.29, 1.82) is 0 Å². The van der Waals surface area contributed by atoms with Crippen LogP contribution in [0.15, 0.2) is 18.2 Å². The zero-order valence-electron chi connectivity index (χ0n) is 6.82. The Hall–Kier alpha value is -1.16. The minimum atomic E-state index is -0.136. The van der Waals surface area contributed by atoms with Gasteiger partial charge in [-0.15, -0.1) is 0 Å². The van der Waals surface area contributed by atoms with E-state index in [4.69, 9.17) is 14.9 Å². The molecule has 12 heavy (non-hydrogen) atoms. The Morgan fingerprint density at radius 3 is 2.67 bits per heavy atom. The van der Waals surface area contributed by atoms with Crippen LogP contribution in [0.1, 0.15) is 6.92 Å². The lowest BCUT2D eigenvalue weighted by atomic mass is 9.88. The number of hydrogen-bond donors (Lipinski definition) is 2. The molecule has 0 aliphatic rings. The van der Waals surface area contributed by atoms with Crippen LogP contribution in [0, 0.1) is 0 Å². The summed E-state index contributed by atoms with van der Waals surface area (Å²) in [4.78, 5) is 0. The standard InChI is InChI=1S/C8H10BO3/c1-2-12-9-6-3-4-7(10)8(11)5-6/h3-5,10-11H,2H2,1H3. The lowest BCUT2D eigenvalue weighted by molar-refractivity contribution is 0.367. The van der Waals surface area contributed by atoms with Gasteiger partial charge < -0.3 is 14.9 Å². The molecule has 0 heterocycles. The van der Waals surface area contributed by atoms with Crippen LogP contribution >= 0.6 is 0 Å². The van der Waals surface area contributed by atoms with E-state index in [1.807, 2.05) is 6.92 Å². The van der Waals surface area contributed by atoms with Gasteiger partial charge in [0.2, 0.25) is 0 Å². The quantitative estimate of drug-likeness (QED) is 0.502. The largest absolute Gasteiger partial charge is 0.504 e. The molecule has 1 radical (unpaired) electrons. The van der Waals surface area contributed by atoms with Crippen LogP contribution in [-0.4, -0.2) is 24.3 Å². The number of hydrogen-bond acceptors (Lipinski definition) is 3. The second kappa shape index (κ2) is 4.02. The zero-order valence-corrected chi connectivity index (χ0v) is 6.82. The van der Waals surface area contributed by atoms with Crippen molar-refractivity contribution >= 4 is 12.9 Å². The Morgan fingerprint density at radius 2 is 2.08 bits per heavy atom. The van der Waals surface area contributed by atoms with Crippen LogP contribution in [0.2, 0.25) is 0 Å². The van der Waals surface area contributed by atoms with E-state index < -0.39 is 0 Å². The van der Waals surface area contributed by atoms with Crippen LogP contribution in [0.5, 0.6) is 11.5 Å². The molecule has 0 aliphatic carbocycles. The zero-order chi connectivity index (χ0) is 8.97. The molecule has 3 nitrogen and oxygen atoms in total. The third kappa shape index (κ3) is 2.17. The first-order valence-corrected chi connectivity index (χ1v) is 3.71. The molecule has 0 unspecified atom stereocenters. The van der Waals surface area contributed by atoms with Gasteiger partial charge in [-0.05, 0) is 24.5 Å². The van der Waals surface area contributed by atoms with Crippen molar-refractivity contribution in [2.75, 3.05) is 6.61 Å². The van der Waals surface area contributed by atoms with E-state index in [-0.39, 0.29) is 11.5 Å². The van der Waals surface area contributed by atoms with Crippen LogP contribution in [0.25, 0.3) is 0 Å². The fraction of sp³-hybridized carbons (Fsp3) is 0.250. The first-order chi connectivity index (χ1) is 5.74. The summed E-state index contributed by atoms with van der Waals surface area (Å²) in [6.07, 6.45) is 0. The van der Waals surface area contributed by atoms with E-state index in [0.717, 1.165) is 5.46 Å². The van der Waals surface area contributed by atoms with Crippen molar-refractivity contribution in [3.63, 3.8) is 0 Å². The SMILES string of the molecule is CCO[B]c1ccc(O)c(O)c1. The Bertz CT molecular complexity index is 262. The Labute approximate surface area is 71.9 Å². The van der Waals surface area contributed by atoms with Crippen LogP contribution < -0.4 is 5.46 Å². The van der Waals surface area contributed by atoms with E-state index in [2.05, 4.69) is 0 Å². The summed E-state index contributed by atoms with van der Waals surface area (Å²) in [5.74, 6) is -0.257. The van der Waals surface area contributed by atoms with Gasteiger partial charge in [0.25, 0.3) is 0 Å². The van der Waals surface area contributed by atoms with E-state index >= 15 is 0 Å². The van der Waals surface area contributed by atoms with Gasteiger partial charge in [0, 0.05) is 6.61 Å². The predicted molar refractivity (Wildman–Crippen MR) is 46.8 cm³/mol. The second-order valence-electron chi connectivity index (χ2n) is 2.32. The maximum Gasteiger partial charge on any atom is 0.330 e. The number of benzene rings is 1. The van der Waals surface area contributed by atoms with Gasteiger partial charge in [-0.1, -0.05) is 6.07 Å². The predicted octanol–water partition coefficient (Wildman–Crippen LogP) is 0.379. The Morgan fingerprint density at radius 1 is 1.33 bits per heavy atom. The first-order valence-electron chi connectivity index (χ1n) is 3.71. The molecular weight excluding hydrogens is 155 g/mol. The van der Waals surface area contributed by atoms with Gasteiger partial charge in [0.15, 0.2) is 11.5 Å². The third-order valence-electron chi connectivity index (χ3n) is 1.39. The molecule has 1 aromatic rings. The highest BCUT2D eigenvalue weighted by Gasteiger charge is 2.01. The molecule has 0 bridgehead atoms. The third-order valence-corrected chi connectivity index (χ3v) is 1.39. The molecule has 63 valence electrons. The summed E-state index contributed by atoms with van der Waals surface area (Å²) in [5, 5.41) is 18.0. The number of phenolic OH excluding ortho intramolecular Hbond substituents is 2. The van der Waals surface area contributed by atoms with Gasteiger partial charge >= 0.3 is 7.48 Å². The molecule has 1 rings (SSSR count). The number of rotatable bonds is 3. The summed E-state index contributed by atoms with van der Waals surface area (Å²) >= 11 is 0. The molecular formula is C8H10BO3.